The molecule has 5 rings (SSSR count). The van der Waals surface area contributed by atoms with Gasteiger partial charge in [-0.2, -0.15) is 5.26 Å². The van der Waals surface area contributed by atoms with Gasteiger partial charge in [0, 0.05) is 19.5 Å². The van der Waals surface area contributed by atoms with Crippen LogP contribution in [0.5, 0.6) is 0 Å². The lowest BCUT2D eigenvalue weighted by molar-refractivity contribution is -0.114. The standard InChI is InChI=1S/C22H29NO.C6H7N/c1-14-15(13-23)7-8-17-16(14)9-10-19-18(17)11-12-22(2)20(19)5-4-6-21(22)24-3;1-6-2-4-7-5-3-6/h7-8,18-21H,4-6,9-12H2,1-3H3;2-5H,1H3/t18?,19?,20?,21-,22-;/m0./s1. The molecule has 0 bridgehead atoms. The minimum Gasteiger partial charge on any atom is -0.381 e. The highest BCUT2D eigenvalue weighted by molar-refractivity contribution is 5.49. The maximum Gasteiger partial charge on any atom is 0.0994 e. The summed E-state index contributed by atoms with van der Waals surface area (Å²) in [6, 6.07) is 10.6. The Kier molecular flexibility index (Phi) is 6.49. The number of methoxy groups -OCH3 is 1. The molecule has 31 heavy (non-hydrogen) atoms. The van der Waals surface area contributed by atoms with Crippen molar-refractivity contribution in [1.82, 2.24) is 4.98 Å². The van der Waals surface area contributed by atoms with Crippen LogP contribution in [0.4, 0.5) is 0 Å². The second-order valence-electron chi connectivity index (χ2n) is 10.1. The average Bonchev–Trinajstić information content (AvgIpc) is 2.79. The number of aromatic nitrogens is 1. The number of nitrogens with zero attached hydrogens (tertiary/aromatic N) is 2. The Labute approximate surface area is 187 Å². The van der Waals surface area contributed by atoms with Gasteiger partial charge in [0.25, 0.3) is 0 Å². The van der Waals surface area contributed by atoms with E-state index in [1.54, 1.807) is 18.0 Å². The zero-order valence-corrected chi connectivity index (χ0v) is 19.5. The summed E-state index contributed by atoms with van der Waals surface area (Å²) in [6.45, 7) is 6.69. The van der Waals surface area contributed by atoms with E-state index in [1.807, 2.05) is 26.2 Å². The highest BCUT2D eigenvalue weighted by Crippen LogP contribution is 2.60. The van der Waals surface area contributed by atoms with Gasteiger partial charge in [-0.05, 0) is 116 Å². The van der Waals surface area contributed by atoms with Crippen LogP contribution in [0.25, 0.3) is 0 Å². The molecule has 1 aromatic heterocycles. The topological polar surface area (TPSA) is 45.9 Å². The highest BCUT2D eigenvalue weighted by Gasteiger charge is 2.53. The molecule has 3 heteroatoms. The smallest absolute Gasteiger partial charge is 0.0994 e. The minimum absolute atomic E-state index is 0.368. The molecule has 164 valence electrons. The van der Waals surface area contributed by atoms with Crippen LogP contribution in [0.1, 0.15) is 79.2 Å². The van der Waals surface area contributed by atoms with E-state index in [0.29, 0.717) is 17.4 Å². The Morgan fingerprint density at radius 2 is 1.84 bits per heavy atom. The Hall–Kier alpha value is -2.18. The SMILES string of the molecule is CO[C@H]1CCCC2C3CCc4c(ccc(C#N)c4C)C3CC[C@@]21C.Cc1ccncc1. The van der Waals surface area contributed by atoms with Crippen LogP contribution in [0.2, 0.25) is 0 Å². The van der Waals surface area contributed by atoms with Crippen molar-refractivity contribution >= 4 is 0 Å². The number of rotatable bonds is 1. The molecule has 5 atom stereocenters. The predicted octanol–water partition coefficient (Wildman–Crippen LogP) is 6.52. The monoisotopic (exact) mass is 416 g/mol. The van der Waals surface area contributed by atoms with E-state index in [0.717, 1.165) is 23.8 Å². The molecule has 0 radical (unpaired) electrons. The lowest BCUT2D eigenvalue weighted by Gasteiger charge is -2.57. The van der Waals surface area contributed by atoms with E-state index in [1.165, 1.54) is 55.2 Å². The molecule has 2 aromatic rings. The van der Waals surface area contributed by atoms with Crippen LogP contribution in [0.15, 0.2) is 36.7 Å². The molecule has 3 unspecified atom stereocenters. The summed E-state index contributed by atoms with van der Waals surface area (Å²) in [4.78, 5) is 3.85. The molecular weight excluding hydrogens is 380 g/mol. The van der Waals surface area contributed by atoms with Gasteiger partial charge in [-0.15, -0.1) is 0 Å². The van der Waals surface area contributed by atoms with Crippen molar-refractivity contribution in [3.63, 3.8) is 0 Å². The van der Waals surface area contributed by atoms with Gasteiger partial charge < -0.3 is 4.74 Å². The lowest BCUT2D eigenvalue weighted by atomic mass is 9.50. The zero-order chi connectivity index (χ0) is 22.0. The lowest BCUT2D eigenvalue weighted by Crippen LogP contribution is -2.51. The largest absolute Gasteiger partial charge is 0.381 e. The Balaban J connectivity index is 0.000000282. The molecule has 0 spiro atoms. The zero-order valence-electron chi connectivity index (χ0n) is 19.5. The molecule has 0 amide bonds. The molecule has 3 aliphatic carbocycles. The summed E-state index contributed by atoms with van der Waals surface area (Å²) in [5, 5.41) is 9.33. The third-order valence-electron chi connectivity index (χ3n) is 8.61. The van der Waals surface area contributed by atoms with Crippen LogP contribution < -0.4 is 0 Å². The third-order valence-corrected chi connectivity index (χ3v) is 8.61. The first kappa shape index (κ1) is 22.0. The number of hydrogen-bond acceptors (Lipinski definition) is 3. The van der Waals surface area contributed by atoms with E-state index in [-0.39, 0.29) is 0 Å². The quantitative estimate of drug-likeness (QED) is 0.532. The summed E-state index contributed by atoms with van der Waals surface area (Å²) in [6.07, 6.45) is 13.0. The Morgan fingerprint density at radius 3 is 2.48 bits per heavy atom. The predicted molar refractivity (Wildman–Crippen MR) is 125 cm³/mol. The first-order chi connectivity index (χ1) is 15.0. The van der Waals surface area contributed by atoms with Gasteiger partial charge in [0.1, 0.15) is 0 Å². The van der Waals surface area contributed by atoms with Gasteiger partial charge >= 0.3 is 0 Å². The summed E-state index contributed by atoms with van der Waals surface area (Å²) in [5.41, 5.74) is 6.77. The fraction of sp³-hybridized carbons (Fsp3) is 0.571. The van der Waals surface area contributed by atoms with Crippen molar-refractivity contribution in [3.05, 3.63) is 64.5 Å². The van der Waals surface area contributed by atoms with Crippen LogP contribution in [-0.4, -0.2) is 18.2 Å². The van der Waals surface area contributed by atoms with Crippen LogP contribution in [-0.2, 0) is 11.2 Å². The van der Waals surface area contributed by atoms with Crippen molar-refractivity contribution < 1.29 is 4.74 Å². The molecule has 0 aliphatic heterocycles. The normalized spacial score (nSPS) is 31.2. The number of fused-ring (bicyclic) bond motifs is 5. The average molecular weight is 417 g/mol. The van der Waals surface area contributed by atoms with E-state index in [2.05, 4.69) is 37.0 Å². The Morgan fingerprint density at radius 1 is 1.06 bits per heavy atom. The number of ether oxygens (including phenoxy) is 1. The first-order valence-electron chi connectivity index (χ1n) is 11.9. The first-order valence-corrected chi connectivity index (χ1v) is 11.9. The van der Waals surface area contributed by atoms with Crippen LogP contribution in [0, 0.1) is 42.4 Å². The van der Waals surface area contributed by atoms with Gasteiger partial charge in [-0.25, -0.2) is 0 Å². The van der Waals surface area contributed by atoms with Crippen molar-refractivity contribution in [2.24, 2.45) is 17.3 Å². The van der Waals surface area contributed by atoms with E-state index < -0.39 is 0 Å². The Bertz CT molecular complexity index is 947. The second-order valence-corrected chi connectivity index (χ2v) is 10.1. The summed E-state index contributed by atoms with van der Waals surface area (Å²) in [7, 11) is 1.91. The summed E-state index contributed by atoms with van der Waals surface area (Å²) in [5.74, 6) is 2.31. The van der Waals surface area contributed by atoms with Gasteiger partial charge in [0.15, 0.2) is 0 Å². The van der Waals surface area contributed by atoms with E-state index >= 15 is 0 Å². The molecule has 2 saturated carbocycles. The number of benzene rings is 1. The number of aryl methyl sites for hydroxylation is 1. The van der Waals surface area contributed by atoms with Crippen LogP contribution in [0.3, 0.4) is 0 Å². The van der Waals surface area contributed by atoms with E-state index in [9.17, 15) is 5.26 Å². The van der Waals surface area contributed by atoms with Crippen LogP contribution >= 0.6 is 0 Å². The number of pyridine rings is 1. The third kappa shape index (κ3) is 4.03. The van der Waals surface area contributed by atoms with Crippen molar-refractivity contribution in [3.8, 4) is 6.07 Å². The van der Waals surface area contributed by atoms with Crippen molar-refractivity contribution in [1.29, 1.82) is 5.26 Å². The number of hydrogen-bond donors (Lipinski definition) is 0. The molecule has 0 saturated heterocycles. The fourth-order valence-corrected chi connectivity index (χ4v) is 6.92. The highest BCUT2D eigenvalue weighted by atomic mass is 16.5. The molecule has 3 nitrogen and oxygen atoms in total. The molecule has 0 N–H and O–H groups in total. The van der Waals surface area contributed by atoms with Crippen molar-refractivity contribution in [2.75, 3.05) is 7.11 Å². The number of nitriles is 1. The molecule has 3 aliphatic rings. The second kappa shape index (κ2) is 9.13. The summed E-state index contributed by atoms with van der Waals surface area (Å²) < 4.78 is 5.93. The maximum absolute atomic E-state index is 9.33. The van der Waals surface area contributed by atoms with Crippen molar-refractivity contribution in [2.45, 2.75) is 77.7 Å². The van der Waals surface area contributed by atoms with Gasteiger partial charge in [-0.1, -0.05) is 19.4 Å². The minimum atomic E-state index is 0.368. The molecular formula is C28H36N2O. The fourth-order valence-electron chi connectivity index (χ4n) is 6.92. The van der Waals surface area contributed by atoms with Gasteiger partial charge in [-0.3, -0.25) is 4.98 Å². The van der Waals surface area contributed by atoms with Gasteiger partial charge in [0.05, 0.1) is 17.7 Å². The molecule has 2 fully saturated rings. The maximum atomic E-state index is 9.33. The van der Waals surface area contributed by atoms with E-state index in [4.69, 9.17) is 4.74 Å². The summed E-state index contributed by atoms with van der Waals surface area (Å²) >= 11 is 0. The molecule has 1 aromatic carbocycles. The van der Waals surface area contributed by atoms with Gasteiger partial charge in [0.2, 0.25) is 0 Å². The molecule has 1 heterocycles.